The van der Waals surface area contributed by atoms with Crippen LogP contribution in [0.3, 0.4) is 0 Å². The number of ether oxygens (including phenoxy) is 1. The quantitative estimate of drug-likeness (QED) is 0.708. The minimum atomic E-state index is -0.299. The molecule has 2 fully saturated rings. The summed E-state index contributed by atoms with van der Waals surface area (Å²) >= 11 is 0. The predicted molar refractivity (Wildman–Crippen MR) is 103 cm³/mol. The molecule has 0 saturated carbocycles. The van der Waals surface area contributed by atoms with Crippen LogP contribution < -0.4 is 0 Å². The minimum absolute atomic E-state index is 0.0394. The van der Waals surface area contributed by atoms with E-state index in [0.717, 1.165) is 18.4 Å². The molecular formula is C23H24FNO3. The number of amides is 1. The molecule has 146 valence electrons. The zero-order chi connectivity index (χ0) is 19.7. The average molecular weight is 381 g/mol. The highest BCUT2D eigenvalue weighted by Gasteiger charge is 2.45. The lowest BCUT2D eigenvalue weighted by Gasteiger charge is -2.37. The highest BCUT2D eigenvalue weighted by Crippen LogP contribution is 2.40. The number of carbonyl (C=O) groups excluding carboxylic acids is 2. The molecule has 5 heteroatoms. The third-order valence-electron chi connectivity index (χ3n) is 5.96. The minimum Gasteiger partial charge on any atom is -0.445 e. The van der Waals surface area contributed by atoms with E-state index in [1.54, 1.807) is 19.1 Å². The summed E-state index contributed by atoms with van der Waals surface area (Å²) < 4.78 is 19.0. The van der Waals surface area contributed by atoms with E-state index in [-0.39, 0.29) is 42.3 Å². The molecule has 1 amide bonds. The molecule has 0 aromatic heterocycles. The maximum Gasteiger partial charge on any atom is 0.410 e. The Bertz CT molecular complexity index is 869. The molecule has 4 rings (SSSR count). The van der Waals surface area contributed by atoms with E-state index in [9.17, 15) is 14.0 Å². The normalized spacial score (nSPS) is 23.5. The van der Waals surface area contributed by atoms with Crippen molar-refractivity contribution in [2.24, 2.45) is 5.92 Å². The van der Waals surface area contributed by atoms with Gasteiger partial charge in [0.1, 0.15) is 12.4 Å². The zero-order valence-electron chi connectivity index (χ0n) is 15.9. The molecule has 0 radical (unpaired) electrons. The molecule has 2 aromatic carbocycles. The molecule has 2 saturated heterocycles. The Balaban J connectivity index is 1.40. The first-order chi connectivity index (χ1) is 13.5. The highest BCUT2D eigenvalue weighted by molar-refractivity contribution is 5.98. The van der Waals surface area contributed by atoms with Crippen LogP contribution in [0.2, 0.25) is 0 Å². The van der Waals surface area contributed by atoms with Crippen molar-refractivity contribution in [2.45, 2.75) is 51.3 Å². The van der Waals surface area contributed by atoms with E-state index >= 15 is 0 Å². The first-order valence-corrected chi connectivity index (χ1v) is 9.82. The van der Waals surface area contributed by atoms with Crippen molar-refractivity contribution in [3.05, 3.63) is 71.0 Å². The largest absolute Gasteiger partial charge is 0.445 e. The van der Waals surface area contributed by atoms with E-state index in [1.807, 2.05) is 35.2 Å². The number of piperidine rings is 1. The number of rotatable bonds is 4. The van der Waals surface area contributed by atoms with E-state index in [2.05, 4.69) is 0 Å². The summed E-state index contributed by atoms with van der Waals surface area (Å²) in [5.41, 5.74) is 2.00. The number of halogens is 1. The summed E-state index contributed by atoms with van der Waals surface area (Å²) in [7, 11) is 0. The summed E-state index contributed by atoms with van der Waals surface area (Å²) in [5.74, 6) is -0.370. The van der Waals surface area contributed by atoms with Gasteiger partial charge in [0.15, 0.2) is 5.78 Å². The van der Waals surface area contributed by atoms with Gasteiger partial charge >= 0.3 is 6.09 Å². The summed E-state index contributed by atoms with van der Waals surface area (Å²) in [5, 5.41) is 0. The van der Waals surface area contributed by atoms with Crippen LogP contribution in [0.25, 0.3) is 0 Å². The van der Waals surface area contributed by atoms with Crippen molar-refractivity contribution < 1.29 is 18.7 Å². The van der Waals surface area contributed by atoms with E-state index in [1.165, 1.54) is 6.07 Å². The smallest absolute Gasteiger partial charge is 0.410 e. The second-order valence-corrected chi connectivity index (χ2v) is 7.83. The van der Waals surface area contributed by atoms with Crippen LogP contribution in [-0.4, -0.2) is 28.9 Å². The van der Waals surface area contributed by atoms with Crippen LogP contribution in [0.5, 0.6) is 0 Å². The molecule has 2 bridgehead atoms. The van der Waals surface area contributed by atoms with Gasteiger partial charge < -0.3 is 9.64 Å². The predicted octanol–water partition coefficient (Wildman–Crippen LogP) is 4.90. The third kappa shape index (κ3) is 3.66. The Kier molecular flexibility index (Phi) is 5.16. The number of carbonyl (C=O) groups is 2. The lowest BCUT2D eigenvalue weighted by Crippen LogP contribution is -2.48. The molecule has 2 aromatic rings. The van der Waals surface area contributed by atoms with Gasteiger partial charge in [0, 0.05) is 23.6 Å². The lowest BCUT2D eigenvalue weighted by atomic mass is 9.84. The first-order valence-electron chi connectivity index (χ1n) is 9.82. The Hall–Kier alpha value is -2.69. The van der Waals surface area contributed by atoms with E-state index in [4.69, 9.17) is 4.74 Å². The summed E-state index contributed by atoms with van der Waals surface area (Å²) in [4.78, 5) is 27.4. The van der Waals surface area contributed by atoms with Crippen molar-refractivity contribution in [2.75, 3.05) is 0 Å². The number of benzene rings is 2. The molecule has 0 N–H and O–H groups in total. The number of nitrogens with zero attached hydrogens (tertiary/aromatic N) is 1. The van der Waals surface area contributed by atoms with Crippen LogP contribution >= 0.6 is 0 Å². The van der Waals surface area contributed by atoms with Crippen molar-refractivity contribution >= 4 is 11.9 Å². The van der Waals surface area contributed by atoms with Crippen molar-refractivity contribution in [3.63, 3.8) is 0 Å². The second kappa shape index (κ2) is 7.74. The average Bonchev–Trinajstić information content (AvgIpc) is 2.98. The van der Waals surface area contributed by atoms with E-state index < -0.39 is 0 Å². The number of Topliss-reactive ketones (excluding diaryl/α,β-unsaturated/α-hetero) is 1. The molecule has 28 heavy (non-hydrogen) atoms. The van der Waals surface area contributed by atoms with Crippen LogP contribution in [0.1, 0.15) is 47.2 Å². The Morgan fingerprint density at radius 1 is 1.07 bits per heavy atom. The molecule has 2 unspecified atom stereocenters. The monoisotopic (exact) mass is 381 g/mol. The van der Waals surface area contributed by atoms with Gasteiger partial charge in [-0.25, -0.2) is 9.18 Å². The number of aryl methyl sites for hydroxylation is 1. The van der Waals surface area contributed by atoms with Gasteiger partial charge in [-0.3, -0.25) is 4.79 Å². The first kappa shape index (κ1) is 18.7. The Morgan fingerprint density at radius 2 is 1.75 bits per heavy atom. The lowest BCUT2D eigenvalue weighted by molar-refractivity contribution is 0.0485. The fraction of sp³-hybridized carbons (Fsp3) is 0.391. The SMILES string of the molecule is Cc1cc(C(=O)C2CC3CCC(C2)N3C(=O)OCc2ccccc2)ccc1F. The molecule has 0 spiro atoms. The van der Waals surface area contributed by atoms with Crippen molar-refractivity contribution in [1.29, 1.82) is 0 Å². The molecule has 2 aliphatic heterocycles. The molecular weight excluding hydrogens is 357 g/mol. The highest BCUT2D eigenvalue weighted by atomic mass is 19.1. The maximum atomic E-state index is 13.5. The summed E-state index contributed by atoms with van der Waals surface area (Å²) in [6.07, 6.45) is 2.80. The van der Waals surface area contributed by atoms with Gasteiger partial charge in [0.2, 0.25) is 0 Å². The van der Waals surface area contributed by atoms with Gasteiger partial charge in [0.05, 0.1) is 0 Å². The van der Waals surface area contributed by atoms with Gasteiger partial charge in [0.25, 0.3) is 0 Å². The number of fused-ring (bicyclic) bond motifs is 2. The summed E-state index contributed by atoms with van der Waals surface area (Å²) in [6.45, 7) is 1.92. The topological polar surface area (TPSA) is 46.6 Å². The molecule has 2 aliphatic rings. The molecule has 4 nitrogen and oxygen atoms in total. The Morgan fingerprint density at radius 3 is 2.39 bits per heavy atom. The number of ketones is 1. The van der Waals surface area contributed by atoms with Gasteiger partial charge in [-0.2, -0.15) is 0 Å². The fourth-order valence-electron chi connectivity index (χ4n) is 4.52. The summed E-state index contributed by atoms with van der Waals surface area (Å²) in [6, 6.07) is 14.2. The molecule has 2 heterocycles. The zero-order valence-corrected chi connectivity index (χ0v) is 15.9. The van der Waals surface area contributed by atoms with Gasteiger partial charge in [-0.15, -0.1) is 0 Å². The van der Waals surface area contributed by atoms with Crippen LogP contribution in [0, 0.1) is 18.7 Å². The van der Waals surface area contributed by atoms with Gasteiger partial charge in [-0.05, 0) is 61.9 Å². The maximum absolute atomic E-state index is 13.5. The molecule has 2 atom stereocenters. The number of hydrogen-bond donors (Lipinski definition) is 0. The van der Waals surface area contributed by atoms with Crippen LogP contribution in [0.4, 0.5) is 9.18 Å². The molecule has 0 aliphatic carbocycles. The number of hydrogen-bond acceptors (Lipinski definition) is 3. The van der Waals surface area contributed by atoms with Crippen molar-refractivity contribution in [1.82, 2.24) is 4.90 Å². The van der Waals surface area contributed by atoms with E-state index in [0.29, 0.717) is 24.0 Å². The van der Waals surface area contributed by atoms with Crippen LogP contribution in [-0.2, 0) is 11.3 Å². The van der Waals surface area contributed by atoms with Crippen LogP contribution in [0.15, 0.2) is 48.5 Å². The third-order valence-corrected chi connectivity index (χ3v) is 5.96. The standard InChI is InChI=1S/C23H24FNO3/c1-15-11-17(7-10-21(15)24)22(26)18-12-19-8-9-20(13-18)25(19)23(27)28-14-16-5-3-2-4-6-16/h2-7,10-11,18-20H,8-9,12-14H2,1H3. The van der Waals surface area contributed by atoms with Gasteiger partial charge in [-0.1, -0.05) is 30.3 Å². The van der Waals surface area contributed by atoms with Crippen molar-refractivity contribution in [3.8, 4) is 0 Å². The Labute approximate surface area is 164 Å². The fourth-order valence-corrected chi connectivity index (χ4v) is 4.52. The second-order valence-electron chi connectivity index (χ2n) is 7.83.